The van der Waals surface area contributed by atoms with Gasteiger partial charge in [0.1, 0.15) is 11.9 Å². The number of anilines is 1. The van der Waals surface area contributed by atoms with Gasteiger partial charge in [0.25, 0.3) is 0 Å². The summed E-state index contributed by atoms with van der Waals surface area (Å²) < 4.78 is 11.3. The maximum atomic E-state index is 13.1. The Morgan fingerprint density at radius 2 is 2.09 bits per heavy atom. The summed E-state index contributed by atoms with van der Waals surface area (Å²) in [6.45, 7) is 10.9. The first-order valence-corrected chi connectivity index (χ1v) is 12.7. The van der Waals surface area contributed by atoms with Crippen molar-refractivity contribution in [2.24, 2.45) is 5.92 Å². The van der Waals surface area contributed by atoms with Gasteiger partial charge in [-0.3, -0.25) is 4.79 Å². The van der Waals surface area contributed by atoms with Gasteiger partial charge in [-0.05, 0) is 38.2 Å². The van der Waals surface area contributed by atoms with Crippen LogP contribution >= 0.6 is 0 Å². The third kappa shape index (κ3) is 4.76. The number of hydrogen-bond acceptors (Lipinski definition) is 8. The van der Waals surface area contributed by atoms with Crippen molar-refractivity contribution in [3.63, 3.8) is 0 Å². The number of carbonyl (C=O) groups excluding carboxylic acids is 1. The quantitative estimate of drug-likeness (QED) is 0.622. The van der Waals surface area contributed by atoms with Gasteiger partial charge in [0, 0.05) is 50.4 Å². The molecule has 9 nitrogen and oxygen atoms in total. The Balaban J connectivity index is 1.42. The largest absolute Gasteiger partial charge is 0.428 e. The number of hydrogen-bond donors (Lipinski definition) is 0. The molecule has 1 saturated heterocycles. The van der Waals surface area contributed by atoms with E-state index in [9.17, 15) is 10.1 Å². The lowest BCUT2D eigenvalue weighted by Crippen LogP contribution is -2.57. The molecule has 4 heterocycles. The van der Waals surface area contributed by atoms with Gasteiger partial charge in [0.15, 0.2) is 0 Å². The molecular formula is C26H34N6O3. The Hall–Kier alpha value is -2.99. The van der Waals surface area contributed by atoms with Crippen LogP contribution in [0, 0.1) is 17.2 Å². The van der Waals surface area contributed by atoms with E-state index in [1.807, 2.05) is 4.90 Å². The summed E-state index contributed by atoms with van der Waals surface area (Å²) in [7, 11) is 0. The average Bonchev–Trinajstić information content (AvgIpc) is 3.55. The molecule has 2 aliphatic heterocycles. The maximum Gasteiger partial charge on any atom is 0.223 e. The Morgan fingerprint density at radius 3 is 2.74 bits per heavy atom. The zero-order valence-electron chi connectivity index (χ0n) is 21.1. The third-order valence-corrected chi connectivity index (χ3v) is 7.48. The Labute approximate surface area is 206 Å². The molecule has 9 heteroatoms. The molecule has 1 amide bonds. The number of nitriles is 1. The van der Waals surface area contributed by atoms with Crippen LogP contribution < -0.4 is 4.90 Å². The summed E-state index contributed by atoms with van der Waals surface area (Å²) in [5.41, 5.74) is 3.72. The highest BCUT2D eigenvalue weighted by atomic mass is 16.5. The molecule has 0 spiro atoms. The van der Waals surface area contributed by atoms with Gasteiger partial charge in [0.05, 0.1) is 29.5 Å². The first-order valence-electron chi connectivity index (χ1n) is 12.7. The minimum atomic E-state index is -0.304. The molecule has 1 aliphatic carbocycles. The summed E-state index contributed by atoms with van der Waals surface area (Å²) in [5.74, 6) is 2.10. The SMILES string of the molecule is CC(C)C1CN(c2nc(C3CC3)c3c(c2C#N)CC(C)(C)OC3)CCN1C(=O)CCc1nnco1. The van der Waals surface area contributed by atoms with E-state index in [4.69, 9.17) is 14.1 Å². The second-order valence-electron chi connectivity index (χ2n) is 10.9. The number of piperazine rings is 1. The summed E-state index contributed by atoms with van der Waals surface area (Å²) >= 11 is 0. The number of aromatic nitrogens is 3. The van der Waals surface area contributed by atoms with Crippen molar-refractivity contribution in [1.29, 1.82) is 5.26 Å². The van der Waals surface area contributed by atoms with Gasteiger partial charge < -0.3 is 19.0 Å². The summed E-state index contributed by atoms with van der Waals surface area (Å²) in [6, 6.07) is 2.53. The molecule has 0 radical (unpaired) electrons. The smallest absolute Gasteiger partial charge is 0.223 e. The van der Waals surface area contributed by atoms with E-state index in [2.05, 4.69) is 48.9 Å². The minimum Gasteiger partial charge on any atom is -0.428 e. The highest BCUT2D eigenvalue weighted by molar-refractivity contribution is 5.77. The van der Waals surface area contributed by atoms with Gasteiger partial charge in [0.2, 0.25) is 18.2 Å². The van der Waals surface area contributed by atoms with Crippen molar-refractivity contribution in [1.82, 2.24) is 20.1 Å². The molecule has 2 aromatic rings. The van der Waals surface area contributed by atoms with Gasteiger partial charge >= 0.3 is 0 Å². The molecule has 35 heavy (non-hydrogen) atoms. The van der Waals surface area contributed by atoms with Crippen LogP contribution in [-0.4, -0.2) is 57.3 Å². The normalized spacial score (nSPS) is 21.7. The van der Waals surface area contributed by atoms with Crippen molar-refractivity contribution in [3.8, 4) is 6.07 Å². The number of aryl methyl sites for hydroxylation is 1. The van der Waals surface area contributed by atoms with E-state index in [-0.39, 0.29) is 23.5 Å². The molecule has 0 N–H and O–H groups in total. The molecule has 2 aromatic heterocycles. The van der Waals surface area contributed by atoms with Crippen LogP contribution in [0.4, 0.5) is 5.82 Å². The van der Waals surface area contributed by atoms with E-state index in [0.29, 0.717) is 62.9 Å². The third-order valence-electron chi connectivity index (χ3n) is 7.48. The van der Waals surface area contributed by atoms with E-state index in [1.165, 1.54) is 6.39 Å². The first-order chi connectivity index (χ1) is 16.8. The highest BCUT2D eigenvalue weighted by Gasteiger charge is 2.39. The molecule has 1 unspecified atom stereocenters. The average molecular weight is 479 g/mol. The monoisotopic (exact) mass is 478 g/mol. The second kappa shape index (κ2) is 9.23. The van der Waals surface area contributed by atoms with Crippen LogP contribution in [0.25, 0.3) is 0 Å². The lowest BCUT2D eigenvalue weighted by molar-refractivity contribution is -0.135. The molecule has 186 valence electrons. The predicted molar refractivity (Wildman–Crippen MR) is 129 cm³/mol. The molecule has 0 aromatic carbocycles. The van der Waals surface area contributed by atoms with Crippen LogP contribution in [0.1, 0.15) is 81.2 Å². The van der Waals surface area contributed by atoms with E-state index < -0.39 is 0 Å². The number of fused-ring (bicyclic) bond motifs is 1. The number of rotatable bonds is 6. The molecule has 3 aliphatic rings. The topological polar surface area (TPSA) is 108 Å². The zero-order valence-corrected chi connectivity index (χ0v) is 21.1. The number of pyridine rings is 1. The fourth-order valence-corrected chi connectivity index (χ4v) is 5.36. The molecule has 5 rings (SSSR count). The van der Waals surface area contributed by atoms with Crippen LogP contribution in [0.15, 0.2) is 10.8 Å². The van der Waals surface area contributed by atoms with Crippen molar-refractivity contribution in [2.45, 2.75) is 84.0 Å². The molecule has 0 bridgehead atoms. The lowest BCUT2D eigenvalue weighted by Gasteiger charge is -2.44. The molecule has 1 saturated carbocycles. The van der Waals surface area contributed by atoms with Gasteiger partial charge in [-0.25, -0.2) is 4.98 Å². The van der Waals surface area contributed by atoms with E-state index in [1.54, 1.807) is 0 Å². The van der Waals surface area contributed by atoms with Crippen molar-refractivity contribution >= 4 is 11.7 Å². The number of amides is 1. The Kier molecular flexibility index (Phi) is 6.26. The Morgan fingerprint density at radius 1 is 1.29 bits per heavy atom. The number of nitrogens with zero attached hydrogens (tertiary/aromatic N) is 6. The minimum absolute atomic E-state index is 0.0347. The van der Waals surface area contributed by atoms with Gasteiger partial charge in [-0.2, -0.15) is 5.26 Å². The summed E-state index contributed by atoms with van der Waals surface area (Å²) in [4.78, 5) is 22.5. The summed E-state index contributed by atoms with van der Waals surface area (Å²) in [6.07, 6.45) is 5.07. The fraction of sp³-hybridized carbons (Fsp3) is 0.654. The zero-order chi connectivity index (χ0) is 24.7. The molecular weight excluding hydrogens is 444 g/mol. The fourth-order valence-electron chi connectivity index (χ4n) is 5.36. The van der Waals surface area contributed by atoms with Crippen LogP contribution in [0.5, 0.6) is 0 Å². The molecule has 2 fully saturated rings. The second-order valence-corrected chi connectivity index (χ2v) is 10.9. The maximum absolute atomic E-state index is 13.1. The van der Waals surface area contributed by atoms with Crippen LogP contribution in [-0.2, 0) is 29.0 Å². The van der Waals surface area contributed by atoms with Crippen LogP contribution in [0.3, 0.4) is 0 Å². The van der Waals surface area contributed by atoms with Gasteiger partial charge in [-0.15, -0.1) is 10.2 Å². The van der Waals surface area contributed by atoms with Gasteiger partial charge in [-0.1, -0.05) is 13.8 Å². The number of ether oxygens (including phenoxy) is 1. The predicted octanol–water partition coefficient (Wildman–Crippen LogP) is 3.37. The molecule has 1 atom stereocenters. The highest BCUT2D eigenvalue weighted by Crippen LogP contribution is 2.46. The van der Waals surface area contributed by atoms with E-state index in [0.717, 1.165) is 35.5 Å². The Bertz CT molecular complexity index is 1130. The first kappa shape index (κ1) is 23.7. The standard InChI is InChI=1S/C26H34N6O3/c1-16(2)21-13-31(9-10-32(21)23(33)8-7-22-30-28-15-34-22)25-19(12-27)18-11-26(3,4)35-14-20(18)24(29-25)17-5-6-17/h15-17,21H,5-11,13-14H2,1-4H3. The van der Waals surface area contributed by atoms with E-state index >= 15 is 0 Å². The van der Waals surface area contributed by atoms with Crippen molar-refractivity contribution in [3.05, 3.63) is 34.7 Å². The summed E-state index contributed by atoms with van der Waals surface area (Å²) in [5, 5.41) is 17.8. The van der Waals surface area contributed by atoms with Crippen molar-refractivity contribution < 1.29 is 13.9 Å². The lowest BCUT2D eigenvalue weighted by atomic mass is 9.87. The van der Waals surface area contributed by atoms with Crippen LogP contribution in [0.2, 0.25) is 0 Å². The number of carbonyl (C=O) groups is 1. The van der Waals surface area contributed by atoms with Crippen molar-refractivity contribution in [2.75, 3.05) is 24.5 Å².